The highest BCUT2D eigenvalue weighted by atomic mass is 127. The Hall–Kier alpha value is -3.54. The summed E-state index contributed by atoms with van der Waals surface area (Å²) >= 11 is 2.10. The van der Waals surface area contributed by atoms with Crippen LogP contribution in [-0.4, -0.2) is 23.7 Å². The number of hydrazone groups is 1. The number of nitro groups is 1. The molecule has 0 aromatic heterocycles. The van der Waals surface area contributed by atoms with Crippen LogP contribution in [0, 0.1) is 19.5 Å². The van der Waals surface area contributed by atoms with Crippen molar-refractivity contribution in [2.75, 3.05) is 6.61 Å². The first-order valence-electron chi connectivity index (χ1n) is 10.2. The first-order chi connectivity index (χ1) is 16.4. The molecule has 3 aromatic carbocycles. The van der Waals surface area contributed by atoms with Gasteiger partial charge in [-0.15, -0.1) is 0 Å². The fourth-order valence-electron chi connectivity index (χ4n) is 3.08. The fourth-order valence-corrected chi connectivity index (χ4v) is 3.86. The molecule has 10 heteroatoms. The lowest BCUT2D eigenvalue weighted by Crippen LogP contribution is -2.20. The van der Waals surface area contributed by atoms with Crippen LogP contribution >= 0.6 is 22.6 Å². The van der Waals surface area contributed by atoms with Gasteiger partial charge in [0, 0.05) is 11.6 Å². The molecule has 0 radical (unpaired) electrons. The number of halogens is 2. The van der Waals surface area contributed by atoms with Gasteiger partial charge in [0.05, 0.1) is 27.7 Å². The minimum Gasteiger partial charge on any atom is -0.490 e. The Bertz CT molecular complexity index is 1220. The summed E-state index contributed by atoms with van der Waals surface area (Å²) in [5.41, 5.74) is 3.90. The zero-order valence-corrected chi connectivity index (χ0v) is 20.3. The maximum Gasteiger partial charge on any atom is 0.273 e. The van der Waals surface area contributed by atoms with Crippen LogP contribution in [0.1, 0.15) is 23.6 Å². The van der Waals surface area contributed by atoms with E-state index in [0.29, 0.717) is 34.8 Å². The van der Waals surface area contributed by atoms with Crippen LogP contribution < -0.4 is 14.9 Å². The standard InChI is InChI=1S/C24H21FIN3O5/c1-2-33-22-12-17(11-20(26)24(22)34-15-16-6-5-8-19(25)10-16)14-27-28-23(30)13-18-7-3-4-9-21(18)29(31)32/h3-12,14H,2,13,15H2,1H3,(H,28,30)/b27-14+. The van der Waals surface area contributed by atoms with Crippen molar-refractivity contribution in [3.05, 3.63) is 96.9 Å². The first-order valence-corrected chi connectivity index (χ1v) is 11.3. The van der Waals surface area contributed by atoms with Crippen molar-refractivity contribution < 1.29 is 23.6 Å². The van der Waals surface area contributed by atoms with E-state index in [1.165, 1.54) is 30.5 Å². The normalized spacial score (nSPS) is 10.8. The average Bonchev–Trinajstić information content (AvgIpc) is 2.79. The molecule has 0 saturated heterocycles. The molecule has 34 heavy (non-hydrogen) atoms. The quantitative estimate of drug-likeness (QED) is 0.158. The molecule has 0 unspecified atom stereocenters. The second-order valence-corrected chi connectivity index (χ2v) is 8.20. The number of hydrogen-bond donors (Lipinski definition) is 1. The highest BCUT2D eigenvalue weighted by Crippen LogP contribution is 2.34. The summed E-state index contributed by atoms with van der Waals surface area (Å²) in [6.45, 7) is 2.41. The number of benzene rings is 3. The molecule has 0 atom stereocenters. The van der Waals surface area contributed by atoms with Gasteiger partial charge in [0.1, 0.15) is 12.4 Å². The minimum atomic E-state index is -0.527. The number of carbonyl (C=O) groups is 1. The predicted molar refractivity (Wildman–Crippen MR) is 134 cm³/mol. The number of para-hydroxylation sites is 1. The molecule has 0 fully saturated rings. The van der Waals surface area contributed by atoms with Gasteiger partial charge < -0.3 is 9.47 Å². The molecule has 8 nitrogen and oxygen atoms in total. The van der Waals surface area contributed by atoms with Crippen LogP contribution in [0.25, 0.3) is 0 Å². The third-order valence-electron chi connectivity index (χ3n) is 4.55. The predicted octanol–water partition coefficient (Wildman–Crippen LogP) is 5.01. The zero-order chi connectivity index (χ0) is 24.5. The van der Waals surface area contributed by atoms with E-state index < -0.39 is 10.8 Å². The molecule has 3 aromatic rings. The molecular weight excluding hydrogens is 556 g/mol. The number of carbonyl (C=O) groups excluding carboxylic acids is 1. The number of nitrogens with zero attached hydrogens (tertiary/aromatic N) is 2. The van der Waals surface area contributed by atoms with Gasteiger partial charge in [-0.2, -0.15) is 5.10 Å². The summed E-state index contributed by atoms with van der Waals surface area (Å²) in [5, 5.41) is 15.0. The lowest BCUT2D eigenvalue weighted by Gasteiger charge is -2.14. The molecule has 0 heterocycles. The Morgan fingerprint density at radius 3 is 2.71 bits per heavy atom. The number of nitro benzene ring substituents is 1. The van der Waals surface area contributed by atoms with Gasteiger partial charge in [-0.05, 0) is 64.9 Å². The van der Waals surface area contributed by atoms with Crippen molar-refractivity contribution in [1.82, 2.24) is 5.43 Å². The van der Waals surface area contributed by atoms with Crippen LogP contribution in [0.3, 0.4) is 0 Å². The summed E-state index contributed by atoms with van der Waals surface area (Å²) in [6.07, 6.45) is 1.27. The second-order valence-electron chi connectivity index (χ2n) is 7.04. The molecule has 0 saturated carbocycles. The molecule has 176 valence electrons. The van der Waals surface area contributed by atoms with Gasteiger partial charge in [-0.3, -0.25) is 14.9 Å². The molecule has 0 spiro atoms. The third kappa shape index (κ3) is 6.98. The topological polar surface area (TPSA) is 103 Å². The van der Waals surface area contributed by atoms with Crippen molar-refractivity contribution in [1.29, 1.82) is 0 Å². The average molecular weight is 577 g/mol. The second kappa shape index (κ2) is 12.1. The molecular formula is C24H21FIN3O5. The molecule has 1 N–H and O–H groups in total. The summed E-state index contributed by atoms with van der Waals surface area (Å²) in [7, 11) is 0. The van der Waals surface area contributed by atoms with Crippen molar-refractivity contribution in [3.8, 4) is 11.5 Å². The summed E-state index contributed by atoms with van der Waals surface area (Å²) < 4.78 is 25.7. The number of rotatable bonds is 10. The van der Waals surface area contributed by atoms with E-state index in [4.69, 9.17) is 9.47 Å². The van der Waals surface area contributed by atoms with Crippen LogP contribution in [0.15, 0.2) is 65.8 Å². The lowest BCUT2D eigenvalue weighted by molar-refractivity contribution is -0.385. The van der Waals surface area contributed by atoms with Gasteiger partial charge >= 0.3 is 0 Å². The lowest BCUT2D eigenvalue weighted by atomic mass is 10.1. The van der Waals surface area contributed by atoms with E-state index in [-0.39, 0.29) is 24.5 Å². The van der Waals surface area contributed by atoms with Gasteiger partial charge in [-0.25, -0.2) is 9.82 Å². The number of nitrogens with one attached hydrogen (secondary N) is 1. The fraction of sp³-hybridized carbons (Fsp3) is 0.167. The van der Waals surface area contributed by atoms with Crippen molar-refractivity contribution in [3.63, 3.8) is 0 Å². The molecule has 0 aliphatic carbocycles. The Morgan fingerprint density at radius 2 is 1.97 bits per heavy atom. The van der Waals surface area contributed by atoms with Crippen molar-refractivity contribution >= 4 is 40.4 Å². The van der Waals surface area contributed by atoms with Gasteiger partial charge in [-0.1, -0.05) is 30.3 Å². The first kappa shape index (κ1) is 25.1. The largest absolute Gasteiger partial charge is 0.490 e. The molecule has 0 aliphatic heterocycles. The number of amides is 1. The monoisotopic (exact) mass is 577 g/mol. The van der Waals surface area contributed by atoms with Crippen LogP contribution in [0.4, 0.5) is 10.1 Å². The molecule has 0 aliphatic rings. The summed E-state index contributed by atoms with van der Waals surface area (Å²) in [5.74, 6) is 0.180. The van der Waals surface area contributed by atoms with Gasteiger partial charge in [0.2, 0.25) is 5.91 Å². The SMILES string of the molecule is CCOc1cc(/C=N/NC(=O)Cc2ccccc2[N+](=O)[O-])cc(I)c1OCc1cccc(F)c1. The van der Waals surface area contributed by atoms with E-state index in [1.54, 1.807) is 36.4 Å². The van der Waals surface area contributed by atoms with E-state index in [2.05, 4.69) is 33.1 Å². The van der Waals surface area contributed by atoms with E-state index >= 15 is 0 Å². The van der Waals surface area contributed by atoms with E-state index in [0.717, 1.165) is 3.57 Å². The Kier molecular flexibility index (Phi) is 8.91. The highest BCUT2D eigenvalue weighted by Gasteiger charge is 2.15. The molecule has 1 amide bonds. The third-order valence-corrected chi connectivity index (χ3v) is 5.35. The van der Waals surface area contributed by atoms with E-state index in [1.807, 2.05) is 6.92 Å². The maximum atomic E-state index is 13.4. The Morgan fingerprint density at radius 1 is 1.18 bits per heavy atom. The van der Waals surface area contributed by atoms with Gasteiger partial charge in [0.25, 0.3) is 5.69 Å². The van der Waals surface area contributed by atoms with Crippen LogP contribution in [0.2, 0.25) is 0 Å². The summed E-state index contributed by atoms with van der Waals surface area (Å²) in [6, 6.07) is 15.7. The maximum absolute atomic E-state index is 13.4. The summed E-state index contributed by atoms with van der Waals surface area (Å²) in [4.78, 5) is 22.8. The molecule has 0 bridgehead atoms. The Balaban J connectivity index is 1.68. The number of ether oxygens (including phenoxy) is 2. The van der Waals surface area contributed by atoms with Gasteiger partial charge in [0.15, 0.2) is 11.5 Å². The highest BCUT2D eigenvalue weighted by molar-refractivity contribution is 14.1. The van der Waals surface area contributed by atoms with Crippen LogP contribution in [-0.2, 0) is 17.8 Å². The zero-order valence-electron chi connectivity index (χ0n) is 18.2. The molecule has 3 rings (SSSR count). The van der Waals surface area contributed by atoms with Crippen molar-refractivity contribution in [2.45, 2.75) is 20.0 Å². The number of hydrogen-bond acceptors (Lipinski definition) is 6. The van der Waals surface area contributed by atoms with E-state index in [9.17, 15) is 19.3 Å². The smallest absolute Gasteiger partial charge is 0.273 e. The van der Waals surface area contributed by atoms with Crippen molar-refractivity contribution in [2.24, 2.45) is 5.10 Å². The minimum absolute atomic E-state index is 0.119. The van der Waals surface area contributed by atoms with Crippen LogP contribution in [0.5, 0.6) is 11.5 Å². The Labute approximate surface area is 209 Å².